The molecule has 2 aromatic carbocycles. The van der Waals surface area contributed by atoms with Gasteiger partial charge < -0.3 is 47.4 Å². The molecule has 50 heavy (non-hydrogen) atoms. The standard InChI is InChI=1S/C36H44N4O10/c1-5-33-6-2-29(1)31-25-37-35(38-26-31)49-23-19-45-15-11-42-12-16-46-20-24-50-36-39-27-32(28-40-36)30-3-7-34(8-4-30)48-22-18-44-14-10-41-9-13-43-17-21-47-33/h1-8,25-28H,9-24H2. The van der Waals surface area contributed by atoms with Crippen LogP contribution in [0, 0.1) is 0 Å². The summed E-state index contributed by atoms with van der Waals surface area (Å²) in [5, 5.41) is 0. The van der Waals surface area contributed by atoms with E-state index in [1.54, 1.807) is 24.8 Å². The lowest BCUT2D eigenvalue weighted by Crippen LogP contribution is -2.14. The highest BCUT2D eigenvalue weighted by Crippen LogP contribution is 2.23. The van der Waals surface area contributed by atoms with Crippen molar-refractivity contribution in [2.45, 2.75) is 0 Å². The third kappa shape index (κ3) is 13.8. The fourth-order valence-electron chi connectivity index (χ4n) is 4.47. The van der Waals surface area contributed by atoms with Gasteiger partial charge in [-0.05, 0) is 35.4 Å². The average Bonchev–Trinajstić information content (AvgIpc) is 3.16. The number of hydrogen-bond donors (Lipinski definition) is 0. The van der Waals surface area contributed by atoms with Crippen LogP contribution >= 0.6 is 0 Å². The molecule has 2 aromatic heterocycles. The van der Waals surface area contributed by atoms with Gasteiger partial charge in [0.15, 0.2) is 0 Å². The molecule has 14 heteroatoms. The van der Waals surface area contributed by atoms with E-state index in [9.17, 15) is 0 Å². The van der Waals surface area contributed by atoms with Crippen LogP contribution in [0.3, 0.4) is 0 Å². The van der Waals surface area contributed by atoms with E-state index in [0.717, 1.165) is 33.8 Å². The minimum Gasteiger partial charge on any atom is -0.491 e. The molecule has 0 radical (unpaired) electrons. The van der Waals surface area contributed by atoms with E-state index in [4.69, 9.17) is 47.4 Å². The zero-order chi connectivity index (χ0) is 34.3. The number of aromatic nitrogens is 4. The van der Waals surface area contributed by atoms with Crippen LogP contribution in [0.4, 0.5) is 0 Å². The lowest BCUT2D eigenvalue weighted by Gasteiger charge is -2.10. The molecule has 12 heterocycles. The summed E-state index contributed by atoms with van der Waals surface area (Å²) in [5.74, 6) is 1.50. The van der Waals surface area contributed by atoms with E-state index in [-0.39, 0.29) is 12.0 Å². The van der Waals surface area contributed by atoms with Crippen molar-refractivity contribution < 1.29 is 47.4 Å². The Bertz CT molecular complexity index is 1240. The number of rotatable bonds is 0. The molecule has 0 atom stereocenters. The lowest BCUT2D eigenvalue weighted by molar-refractivity contribution is 0.00415. The molecule has 0 saturated heterocycles. The van der Waals surface area contributed by atoms with Crippen molar-refractivity contribution in [3.8, 4) is 45.8 Å². The van der Waals surface area contributed by atoms with Crippen molar-refractivity contribution in [3.63, 3.8) is 0 Å². The first-order chi connectivity index (χ1) is 24.8. The van der Waals surface area contributed by atoms with Gasteiger partial charge in [0.25, 0.3) is 0 Å². The summed E-state index contributed by atoms with van der Waals surface area (Å²) in [7, 11) is 0. The van der Waals surface area contributed by atoms with Gasteiger partial charge in [-0.25, -0.2) is 19.9 Å². The van der Waals surface area contributed by atoms with Crippen molar-refractivity contribution in [1.29, 1.82) is 0 Å². The predicted molar refractivity (Wildman–Crippen MR) is 182 cm³/mol. The number of ether oxygens (including phenoxy) is 10. The van der Waals surface area contributed by atoms with Gasteiger partial charge in [-0.3, -0.25) is 0 Å². The zero-order valence-electron chi connectivity index (χ0n) is 28.1. The fraction of sp³-hybridized carbons (Fsp3) is 0.444. The molecule has 0 spiro atoms. The van der Waals surface area contributed by atoms with Crippen LogP contribution in [0.5, 0.6) is 23.5 Å². The first-order valence-corrected chi connectivity index (χ1v) is 16.7. The summed E-state index contributed by atoms with van der Waals surface area (Å²) in [6.07, 6.45) is 6.89. The van der Waals surface area contributed by atoms with E-state index >= 15 is 0 Å². The molecule has 10 aliphatic rings. The second-order valence-electron chi connectivity index (χ2n) is 10.6. The molecule has 0 unspecified atom stereocenters. The van der Waals surface area contributed by atoms with Crippen LogP contribution in [0.25, 0.3) is 22.3 Å². The summed E-state index contributed by atoms with van der Waals surface area (Å²) in [4.78, 5) is 17.2. The second kappa shape index (κ2) is 22.3. The third-order valence-electron chi connectivity index (χ3n) is 7.03. The Morgan fingerprint density at radius 1 is 0.280 bits per heavy atom. The molecule has 0 saturated carbocycles. The van der Waals surface area contributed by atoms with E-state index in [2.05, 4.69) is 19.9 Å². The Balaban J connectivity index is 1.02. The van der Waals surface area contributed by atoms with Gasteiger partial charge in [0.05, 0.1) is 79.3 Å². The van der Waals surface area contributed by atoms with Crippen LogP contribution in [-0.2, 0) is 28.4 Å². The molecule has 8 bridgehead atoms. The van der Waals surface area contributed by atoms with Crippen molar-refractivity contribution in [3.05, 3.63) is 73.3 Å². The molecule has 14 nitrogen and oxygen atoms in total. The number of hydrogen-bond acceptors (Lipinski definition) is 14. The Morgan fingerprint density at radius 2 is 0.540 bits per heavy atom. The highest BCUT2D eigenvalue weighted by Gasteiger charge is 2.05. The Kier molecular flexibility index (Phi) is 16.4. The van der Waals surface area contributed by atoms with Gasteiger partial charge in [0.1, 0.15) is 37.9 Å². The van der Waals surface area contributed by atoms with Crippen LogP contribution in [0.2, 0.25) is 0 Å². The van der Waals surface area contributed by atoms with Crippen molar-refractivity contribution in [1.82, 2.24) is 19.9 Å². The van der Waals surface area contributed by atoms with Crippen molar-refractivity contribution in [2.75, 3.05) is 106 Å². The summed E-state index contributed by atoms with van der Waals surface area (Å²) in [6, 6.07) is 16.0. The maximum absolute atomic E-state index is 5.78. The van der Waals surface area contributed by atoms with Crippen LogP contribution in [-0.4, -0.2) is 126 Å². The van der Waals surface area contributed by atoms with E-state index in [1.165, 1.54) is 0 Å². The second-order valence-corrected chi connectivity index (χ2v) is 10.6. The van der Waals surface area contributed by atoms with E-state index < -0.39 is 0 Å². The number of nitrogens with zero attached hydrogens (tertiary/aromatic N) is 4. The quantitative estimate of drug-likeness (QED) is 0.263. The third-order valence-corrected chi connectivity index (χ3v) is 7.03. The van der Waals surface area contributed by atoms with Gasteiger partial charge in [-0.2, -0.15) is 0 Å². The molecule has 0 amide bonds. The molecular formula is C36H44N4O10. The summed E-state index contributed by atoms with van der Waals surface area (Å²) in [6.45, 7) is 6.90. The maximum Gasteiger partial charge on any atom is 0.316 e. The first-order valence-electron chi connectivity index (χ1n) is 16.7. The van der Waals surface area contributed by atoms with Crippen molar-refractivity contribution in [2.24, 2.45) is 0 Å². The van der Waals surface area contributed by atoms with Crippen LogP contribution in [0.1, 0.15) is 0 Å². The largest absolute Gasteiger partial charge is 0.491 e. The maximum atomic E-state index is 5.78. The predicted octanol–water partition coefficient (Wildman–Crippen LogP) is 3.93. The minimum absolute atomic E-state index is 0.290. The lowest BCUT2D eigenvalue weighted by atomic mass is 10.1. The normalized spacial score (nSPS) is 17.3. The molecular weight excluding hydrogens is 648 g/mol. The van der Waals surface area contributed by atoms with E-state index in [1.807, 2.05) is 48.5 Å². The van der Waals surface area contributed by atoms with Crippen LogP contribution < -0.4 is 18.9 Å². The molecule has 4 aromatic rings. The smallest absolute Gasteiger partial charge is 0.316 e. The summed E-state index contributed by atoms with van der Waals surface area (Å²) in [5.41, 5.74) is 3.68. The van der Waals surface area contributed by atoms with Gasteiger partial charge in [-0.15, -0.1) is 0 Å². The Hall–Kier alpha value is -4.44. The van der Waals surface area contributed by atoms with Crippen molar-refractivity contribution >= 4 is 0 Å². The average molecular weight is 693 g/mol. The number of benzene rings is 2. The highest BCUT2D eigenvalue weighted by atomic mass is 16.6. The van der Waals surface area contributed by atoms with Gasteiger partial charge in [-0.1, -0.05) is 24.3 Å². The molecule has 10 aliphatic heterocycles. The molecule has 0 N–H and O–H groups in total. The van der Waals surface area contributed by atoms with Gasteiger partial charge >= 0.3 is 12.0 Å². The Morgan fingerprint density at radius 3 is 0.840 bits per heavy atom. The molecule has 0 aliphatic carbocycles. The van der Waals surface area contributed by atoms with Gasteiger partial charge in [0, 0.05) is 35.9 Å². The Labute approximate surface area is 291 Å². The fourth-order valence-corrected chi connectivity index (χ4v) is 4.47. The molecule has 0 fully saturated rings. The highest BCUT2D eigenvalue weighted by molar-refractivity contribution is 5.63. The first kappa shape index (κ1) is 36.8. The minimum atomic E-state index is 0.290. The SMILES string of the molecule is c1cc2ccc1OCCOCCOCCOCCOc1ccc(cc1)-c1cnc(nc1)OCCOCCOCCOCCOc1ncc-2cn1. The zero-order valence-corrected chi connectivity index (χ0v) is 28.1. The van der Waals surface area contributed by atoms with E-state index in [0.29, 0.717) is 106 Å². The monoisotopic (exact) mass is 692 g/mol. The summed E-state index contributed by atoms with van der Waals surface area (Å²) >= 11 is 0. The molecule has 14 rings (SSSR count). The molecule has 268 valence electrons. The van der Waals surface area contributed by atoms with Crippen LogP contribution in [0.15, 0.2) is 73.3 Å². The topological polar surface area (TPSA) is 144 Å². The van der Waals surface area contributed by atoms with Gasteiger partial charge in [0.2, 0.25) is 0 Å². The summed E-state index contributed by atoms with van der Waals surface area (Å²) < 4.78 is 56.1.